The lowest BCUT2D eigenvalue weighted by Crippen LogP contribution is -2.38. The summed E-state index contributed by atoms with van der Waals surface area (Å²) < 4.78 is 6.01. The molecule has 0 bridgehead atoms. The maximum atomic E-state index is 12.2. The van der Waals surface area contributed by atoms with Crippen LogP contribution in [0.25, 0.3) is 0 Å². The summed E-state index contributed by atoms with van der Waals surface area (Å²) in [5, 5.41) is 6.39. The van der Waals surface area contributed by atoms with Crippen LogP contribution in [-0.4, -0.2) is 32.1 Å². The summed E-state index contributed by atoms with van der Waals surface area (Å²) >= 11 is 0. The first kappa shape index (κ1) is 15.5. The predicted octanol–water partition coefficient (Wildman–Crippen LogP) is 2.19. The highest BCUT2D eigenvalue weighted by molar-refractivity contribution is 5.79. The number of hydrogen-bond acceptors (Lipinski definition) is 3. The van der Waals surface area contributed by atoms with Crippen molar-refractivity contribution in [2.24, 2.45) is 11.8 Å². The number of amides is 1. The zero-order chi connectivity index (χ0) is 15.4. The second-order valence-corrected chi connectivity index (χ2v) is 6.54. The molecule has 0 radical (unpaired) electrons. The van der Waals surface area contributed by atoms with Gasteiger partial charge in [0.1, 0.15) is 0 Å². The Bertz CT molecular complexity index is 494. The molecular formula is C18H26N2O2. The van der Waals surface area contributed by atoms with Gasteiger partial charge in [-0.2, -0.15) is 0 Å². The smallest absolute Gasteiger partial charge is 0.224 e. The molecule has 0 spiro atoms. The van der Waals surface area contributed by atoms with E-state index in [1.54, 1.807) is 0 Å². The summed E-state index contributed by atoms with van der Waals surface area (Å²) in [5.74, 6) is 0.704. The third-order valence-electron chi connectivity index (χ3n) is 4.82. The molecule has 2 aliphatic heterocycles. The minimum atomic E-state index is 0.108. The van der Waals surface area contributed by atoms with Crippen molar-refractivity contribution in [3.05, 3.63) is 35.4 Å². The number of aryl methyl sites for hydroxylation is 1. The number of hydrogen-bond donors (Lipinski definition) is 2. The molecule has 2 heterocycles. The van der Waals surface area contributed by atoms with E-state index in [2.05, 4.69) is 41.8 Å². The summed E-state index contributed by atoms with van der Waals surface area (Å²) in [6.07, 6.45) is 3.25. The third kappa shape index (κ3) is 3.68. The maximum Gasteiger partial charge on any atom is 0.224 e. The Kier molecular flexibility index (Phi) is 5.11. The highest BCUT2D eigenvalue weighted by Crippen LogP contribution is 2.33. The molecule has 1 aromatic rings. The highest BCUT2D eigenvalue weighted by Gasteiger charge is 2.29. The third-order valence-corrected chi connectivity index (χ3v) is 4.82. The Morgan fingerprint density at radius 3 is 2.86 bits per heavy atom. The van der Waals surface area contributed by atoms with Crippen LogP contribution < -0.4 is 10.6 Å². The first-order valence-corrected chi connectivity index (χ1v) is 8.40. The minimum absolute atomic E-state index is 0.108. The van der Waals surface area contributed by atoms with E-state index in [1.807, 2.05) is 0 Å². The van der Waals surface area contributed by atoms with E-state index in [-0.39, 0.29) is 17.9 Å². The molecule has 2 saturated heterocycles. The van der Waals surface area contributed by atoms with Crippen molar-refractivity contribution in [3.63, 3.8) is 0 Å². The minimum Gasteiger partial charge on any atom is -0.373 e. The van der Waals surface area contributed by atoms with E-state index in [4.69, 9.17) is 4.74 Å². The van der Waals surface area contributed by atoms with Crippen molar-refractivity contribution < 1.29 is 9.53 Å². The summed E-state index contributed by atoms with van der Waals surface area (Å²) in [4.78, 5) is 12.2. The second-order valence-electron chi connectivity index (χ2n) is 6.54. The average Bonchev–Trinajstić information content (AvgIpc) is 3.08. The van der Waals surface area contributed by atoms with E-state index in [1.165, 1.54) is 11.1 Å². The second kappa shape index (κ2) is 7.25. The van der Waals surface area contributed by atoms with Gasteiger partial charge in [0.15, 0.2) is 0 Å². The first-order valence-electron chi connectivity index (χ1n) is 8.40. The molecule has 120 valence electrons. The van der Waals surface area contributed by atoms with Crippen LogP contribution in [0, 0.1) is 18.8 Å². The summed E-state index contributed by atoms with van der Waals surface area (Å²) in [6.45, 7) is 5.40. The van der Waals surface area contributed by atoms with Crippen molar-refractivity contribution in [2.45, 2.75) is 32.3 Å². The Morgan fingerprint density at radius 1 is 1.32 bits per heavy atom. The molecule has 4 heteroatoms. The Balaban J connectivity index is 1.60. The van der Waals surface area contributed by atoms with Gasteiger partial charge in [0.25, 0.3) is 0 Å². The largest absolute Gasteiger partial charge is 0.373 e. The summed E-state index contributed by atoms with van der Waals surface area (Å²) in [5.41, 5.74) is 2.49. The van der Waals surface area contributed by atoms with Gasteiger partial charge in [-0.3, -0.25) is 4.79 Å². The fraction of sp³-hybridized carbons (Fsp3) is 0.611. The highest BCUT2D eigenvalue weighted by atomic mass is 16.5. The molecule has 2 fully saturated rings. The number of nitrogens with one attached hydrogen (secondary N) is 2. The molecule has 0 aromatic heterocycles. The molecule has 0 aliphatic carbocycles. The molecule has 3 atom stereocenters. The quantitative estimate of drug-likeness (QED) is 0.896. The SMILES string of the molecule is Cc1ccc(C2OCCCC2CNC(=O)C2CCNC2)cc1. The first-order chi connectivity index (χ1) is 10.7. The van der Waals surface area contributed by atoms with Crippen molar-refractivity contribution >= 4 is 5.91 Å². The number of carbonyl (C=O) groups excluding carboxylic acids is 1. The number of benzene rings is 1. The van der Waals surface area contributed by atoms with Crippen molar-refractivity contribution in [1.29, 1.82) is 0 Å². The molecule has 0 saturated carbocycles. The number of carbonyl (C=O) groups is 1. The fourth-order valence-corrected chi connectivity index (χ4v) is 3.43. The number of ether oxygens (including phenoxy) is 1. The van der Waals surface area contributed by atoms with Crippen molar-refractivity contribution in [1.82, 2.24) is 10.6 Å². The lowest BCUT2D eigenvalue weighted by Gasteiger charge is -2.32. The van der Waals surface area contributed by atoms with Gasteiger partial charge in [-0.25, -0.2) is 0 Å². The topological polar surface area (TPSA) is 50.4 Å². The van der Waals surface area contributed by atoms with E-state index >= 15 is 0 Å². The standard InChI is InChI=1S/C18H26N2O2/c1-13-4-6-14(7-5-13)17-15(3-2-10-22-17)12-20-18(21)16-8-9-19-11-16/h4-7,15-17,19H,2-3,8-12H2,1H3,(H,20,21). The van der Waals surface area contributed by atoms with Crippen LogP contribution >= 0.6 is 0 Å². The summed E-state index contributed by atoms with van der Waals surface area (Å²) in [7, 11) is 0. The van der Waals surface area contributed by atoms with Gasteiger partial charge >= 0.3 is 0 Å². The molecule has 2 N–H and O–H groups in total. The molecule has 2 aliphatic rings. The lowest BCUT2D eigenvalue weighted by atomic mass is 9.89. The van der Waals surface area contributed by atoms with Gasteiger partial charge in [0, 0.05) is 25.6 Å². The van der Waals surface area contributed by atoms with Gasteiger partial charge in [-0.05, 0) is 38.3 Å². The lowest BCUT2D eigenvalue weighted by molar-refractivity contribution is -0.125. The van der Waals surface area contributed by atoms with Crippen LogP contribution in [-0.2, 0) is 9.53 Å². The molecule has 1 amide bonds. The van der Waals surface area contributed by atoms with Crippen LogP contribution in [0.1, 0.15) is 36.5 Å². The number of rotatable bonds is 4. The monoisotopic (exact) mass is 302 g/mol. The zero-order valence-electron chi connectivity index (χ0n) is 13.3. The van der Waals surface area contributed by atoms with Gasteiger partial charge < -0.3 is 15.4 Å². The average molecular weight is 302 g/mol. The van der Waals surface area contributed by atoms with Crippen molar-refractivity contribution in [3.8, 4) is 0 Å². The Morgan fingerprint density at radius 2 is 2.14 bits per heavy atom. The van der Waals surface area contributed by atoms with Crippen molar-refractivity contribution in [2.75, 3.05) is 26.2 Å². The van der Waals surface area contributed by atoms with Crippen LogP contribution in [0.4, 0.5) is 0 Å². The van der Waals surface area contributed by atoms with Crippen LogP contribution in [0.3, 0.4) is 0 Å². The molecule has 22 heavy (non-hydrogen) atoms. The molecule has 1 aromatic carbocycles. The Labute approximate surface area is 132 Å². The van der Waals surface area contributed by atoms with E-state index in [0.29, 0.717) is 12.5 Å². The predicted molar refractivity (Wildman–Crippen MR) is 86.6 cm³/mol. The van der Waals surface area contributed by atoms with Crippen LogP contribution in [0.5, 0.6) is 0 Å². The van der Waals surface area contributed by atoms with Gasteiger partial charge in [0.2, 0.25) is 5.91 Å². The van der Waals surface area contributed by atoms with Gasteiger partial charge in [-0.1, -0.05) is 29.8 Å². The summed E-state index contributed by atoms with van der Waals surface area (Å²) in [6, 6.07) is 8.57. The van der Waals surface area contributed by atoms with Crippen LogP contribution in [0.15, 0.2) is 24.3 Å². The zero-order valence-corrected chi connectivity index (χ0v) is 13.3. The Hall–Kier alpha value is -1.39. The molecular weight excluding hydrogens is 276 g/mol. The molecule has 4 nitrogen and oxygen atoms in total. The fourth-order valence-electron chi connectivity index (χ4n) is 3.43. The molecule has 3 rings (SSSR count). The van der Waals surface area contributed by atoms with Gasteiger partial charge in [0.05, 0.1) is 12.0 Å². The maximum absolute atomic E-state index is 12.2. The normalized spacial score (nSPS) is 28.5. The molecule has 3 unspecified atom stereocenters. The van der Waals surface area contributed by atoms with Gasteiger partial charge in [-0.15, -0.1) is 0 Å². The van der Waals surface area contributed by atoms with Crippen LogP contribution in [0.2, 0.25) is 0 Å². The van der Waals surface area contributed by atoms with E-state index in [9.17, 15) is 4.79 Å². The van der Waals surface area contributed by atoms with E-state index in [0.717, 1.165) is 39.0 Å². The van der Waals surface area contributed by atoms with E-state index < -0.39 is 0 Å².